The number of aromatic nitrogens is 2. The molecule has 0 aliphatic carbocycles. The number of nitrogens with two attached hydrogens (primary N) is 1. The smallest absolute Gasteiger partial charge is 0.258 e. The van der Waals surface area contributed by atoms with E-state index < -0.39 is 0 Å². The second-order valence-corrected chi connectivity index (χ2v) is 11.8. The van der Waals surface area contributed by atoms with Crippen LogP contribution in [0, 0.1) is 6.92 Å². The van der Waals surface area contributed by atoms with Crippen molar-refractivity contribution in [2.24, 2.45) is 7.05 Å². The molecule has 2 heterocycles. The standard InChI is InChI=1S/C36H30ClN5O3/c1-20-4-3-5-27-31(43)17-30-33(32(20)27)24(18-37)19-42(30)36(45)23-10-15-29-28(16-23)40-34(41(29)2)21-8-13-26(14-9-21)39-35(44)22-6-11-25(38)12-7-22/h3-17,24,43H,18-19,38H2,1-2H3,(H,39,44)/t24-/m1/s1. The molecule has 0 bridgehead atoms. The lowest BCUT2D eigenvalue weighted by atomic mass is 9.92. The number of imidazole rings is 1. The summed E-state index contributed by atoms with van der Waals surface area (Å²) in [6.07, 6.45) is 0. The van der Waals surface area contributed by atoms with Gasteiger partial charge in [-0.1, -0.05) is 18.2 Å². The number of phenols is 1. The zero-order chi connectivity index (χ0) is 31.4. The molecule has 9 heteroatoms. The largest absolute Gasteiger partial charge is 0.507 e. The molecule has 4 N–H and O–H groups in total. The normalized spacial score (nSPS) is 14.2. The van der Waals surface area contributed by atoms with Gasteiger partial charge in [0.25, 0.3) is 11.8 Å². The molecule has 1 aliphatic heterocycles. The van der Waals surface area contributed by atoms with Crippen LogP contribution < -0.4 is 16.0 Å². The third-order valence-electron chi connectivity index (χ3n) is 8.60. The van der Waals surface area contributed by atoms with Gasteiger partial charge in [0.1, 0.15) is 11.6 Å². The summed E-state index contributed by atoms with van der Waals surface area (Å²) in [6, 6.07) is 27.2. The van der Waals surface area contributed by atoms with Crippen LogP contribution in [0.2, 0.25) is 0 Å². The lowest BCUT2D eigenvalue weighted by molar-refractivity contribution is 0.0987. The number of hydrogen-bond acceptors (Lipinski definition) is 5. The highest BCUT2D eigenvalue weighted by Crippen LogP contribution is 2.46. The van der Waals surface area contributed by atoms with Crippen LogP contribution >= 0.6 is 11.6 Å². The Morgan fingerprint density at radius 1 is 1.00 bits per heavy atom. The highest BCUT2D eigenvalue weighted by Gasteiger charge is 2.35. The number of nitrogen functional groups attached to an aromatic ring is 1. The Bertz CT molecular complexity index is 2140. The number of nitrogens with zero attached hydrogens (tertiary/aromatic N) is 3. The molecule has 6 aromatic rings. The van der Waals surface area contributed by atoms with E-state index in [1.165, 1.54) is 0 Å². The predicted octanol–water partition coefficient (Wildman–Crippen LogP) is 7.22. The number of aryl methyl sites for hydroxylation is 2. The van der Waals surface area contributed by atoms with Crippen LogP contribution in [0.15, 0.2) is 91.0 Å². The minimum Gasteiger partial charge on any atom is -0.507 e. The lowest BCUT2D eigenvalue weighted by Gasteiger charge is -2.19. The number of phenolic OH excluding ortho intramolecular Hbond substituents is 1. The first kappa shape index (κ1) is 28.4. The second kappa shape index (κ2) is 11.0. The monoisotopic (exact) mass is 615 g/mol. The Kier molecular flexibility index (Phi) is 6.94. The van der Waals surface area contributed by atoms with Crippen molar-refractivity contribution in [3.05, 3.63) is 113 Å². The topological polar surface area (TPSA) is 113 Å². The van der Waals surface area contributed by atoms with E-state index in [0.29, 0.717) is 46.1 Å². The Morgan fingerprint density at radius 3 is 2.47 bits per heavy atom. The molecule has 0 radical (unpaired) electrons. The summed E-state index contributed by atoms with van der Waals surface area (Å²) >= 11 is 6.43. The molecular formula is C36H30ClN5O3. The van der Waals surface area contributed by atoms with E-state index in [4.69, 9.17) is 22.3 Å². The Labute approximate surface area is 264 Å². The van der Waals surface area contributed by atoms with Crippen LogP contribution in [0.3, 0.4) is 0 Å². The number of fused-ring (bicyclic) bond motifs is 4. The van der Waals surface area contributed by atoms with Gasteiger partial charge in [0, 0.05) is 64.9 Å². The summed E-state index contributed by atoms with van der Waals surface area (Å²) in [5, 5.41) is 15.5. The molecule has 5 aromatic carbocycles. The van der Waals surface area contributed by atoms with Gasteiger partial charge in [0.15, 0.2) is 0 Å². The predicted molar refractivity (Wildman–Crippen MR) is 180 cm³/mol. The molecule has 45 heavy (non-hydrogen) atoms. The van der Waals surface area contributed by atoms with Crippen molar-refractivity contribution in [3.8, 4) is 17.1 Å². The summed E-state index contributed by atoms with van der Waals surface area (Å²) in [4.78, 5) is 33.2. The molecule has 0 spiro atoms. The molecule has 0 unspecified atom stereocenters. The van der Waals surface area contributed by atoms with Gasteiger partial charge in [-0.3, -0.25) is 9.59 Å². The number of anilines is 3. The molecule has 0 saturated carbocycles. The van der Waals surface area contributed by atoms with Crippen molar-refractivity contribution in [3.63, 3.8) is 0 Å². The van der Waals surface area contributed by atoms with Crippen LogP contribution in [-0.2, 0) is 7.05 Å². The number of amides is 2. The van der Waals surface area contributed by atoms with Crippen LogP contribution in [-0.4, -0.2) is 38.9 Å². The zero-order valence-corrected chi connectivity index (χ0v) is 25.5. The number of alkyl halides is 1. The van der Waals surface area contributed by atoms with E-state index in [1.807, 2.05) is 79.2 Å². The minimum absolute atomic E-state index is 0.0563. The molecule has 0 saturated heterocycles. The van der Waals surface area contributed by atoms with Crippen LogP contribution in [0.4, 0.5) is 17.1 Å². The Hall–Kier alpha value is -5.34. The number of benzene rings is 5. The maximum absolute atomic E-state index is 14.0. The van der Waals surface area contributed by atoms with Gasteiger partial charge in [0.05, 0.1) is 16.7 Å². The molecule has 224 valence electrons. The number of carbonyl (C=O) groups is 2. The van der Waals surface area contributed by atoms with Gasteiger partial charge < -0.3 is 25.6 Å². The average molecular weight is 616 g/mol. The van der Waals surface area contributed by atoms with Crippen molar-refractivity contribution >= 4 is 62.3 Å². The molecule has 1 atom stereocenters. The highest BCUT2D eigenvalue weighted by atomic mass is 35.5. The first-order valence-corrected chi connectivity index (χ1v) is 15.1. The molecule has 2 amide bonds. The third kappa shape index (κ3) is 4.84. The summed E-state index contributed by atoms with van der Waals surface area (Å²) in [7, 11) is 1.93. The number of halogens is 1. The summed E-state index contributed by atoms with van der Waals surface area (Å²) < 4.78 is 1.98. The summed E-state index contributed by atoms with van der Waals surface area (Å²) in [5.41, 5.74) is 13.1. The first-order valence-electron chi connectivity index (χ1n) is 14.6. The van der Waals surface area contributed by atoms with Crippen molar-refractivity contribution in [2.75, 3.05) is 28.4 Å². The maximum atomic E-state index is 14.0. The van der Waals surface area contributed by atoms with E-state index >= 15 is 0 Å². The second-order valence-electron chi connectivity index (χ2n) is 11.4. The van der Waals surface area contributed by atoms with Crippen molar-refractivity contribution in [2.45, 2.75) is 12.8 Å². The van der Waals surface area contributed by atoms with Gasteiger partial charge in [-0.15, -0.1) is 11.6 Å². The van der Waals surface area contributed by atoms with Crippen molar-refractivity contribution in [1.82, 2.24) is 9.55 Å². The van der Waals surface area contributed by atoms with Gasteiger partial charge in [-0.2, -0.15) is 0 Å². The maximum Gasteiger partial charge on any atom is 0.258 e. The number of aromatic hydroxyl groups is 1. The van der Waals surface area contributed by atoms with E-state index in [9.17, 15) is 14.7 Å². The number of rotatable bonds is 5. The minimum atomic E-state index is -0.223. The SMILES string of the molecule is Cc1cccc2c(O)cc3c(c12)[C@H](CCl)CN3C(=O)c1ccc2c(c1)nc(-c1ccc(NC(=O)c3ccc(N)cc3)cc1)n2C. The number of hydrogen-bond donors (Lipinski definition) is 3. The van der Waals surface area contributed by atoms with Crippen LogP contribution in [0.5, 0.6) is 5.75 Å². The molecule has 7 rings (SSSR count). The Balaban J connectivity index is 1.17. The van der Waals surface area contributed by atoms with E-state index in [2.05, 4.69) is 5.32 Å². The van der Waals surface area contributed by atoms with Gasteiger partial charge >= 0.3 is 0 Å². The average Bonchev–Trinajstić information content (AvgIpc) is 3.58. The summed E-state index contributed by atoms with van der Waals surface area (Å²) in [6.45, 7) is 2.44. The zero-order valence-electron chi connectivity index (χ0n) is 24.7. The fourth-order valence-electron chi connectivity index (χ4n) is 6.30. The van der Waals surface area contributed by atoms with Crippen molar-refractivity contribution < 1.29 is 14.7 Å². The number of carbonyl (C=O) groups excluding carboxylic acids is 2. The van der Waals surface area contributed by atoms with E-state index in [0.717, 1.165) is 38.8 Å². The van der Waals surface area contributed by atoms with Crippen LogP contribution in [0.1, 0.15) is 37.8 Å². The molecule has 1 aliphatic rings. The molecule has 0 fully saturated rings. The lowest BCUT2D eigenvalue weighted by Crippen LogP contribution is -2.30. The quantitative estimate of drug-likeness (QED) is 0.140. The molecule has 8 nitrogen and oxygen atoms in total. The fourth-order valence-corrected chi connectivity index (χ4v) is 6.56. The van der Waals surface area contributed by atoms with E-state index in [-0.39, 0.29) is 23.5 Å². The van der Waals surface area contributed by atoms with Crippen LogP contribution in [0.25, 0.3) is 33.2 Å². The number of nitrogens with one attached hydrogen (secondary N) is 1. The molecular weight excluding hydrogens is 586 g/mol. The first-order chi connectivity index (χ1) is 21.7. The molecule has 1 aromatic heterocycles. The Morgan fingerprint density at radius 2 is 1.73 bits per heavy atom. The van der Waals surface area contributed by atoms with Gasteiger partial charge in [-0.05, 0) is 90.2 Å². The summed E-state index contributed by atoms with van der Waals surface area (Å²) in [5.74, 6) is 0.773. The van der Waals surface area contributed by atoms with E-state index in [1.54, 1.807) is 35.2 Å². The highest BCUT2D eigenvalue weighted by molar-refractivity contribution is 6.19. The van der Waals surface area contributed by atoms with Gasteiger partial charge in [0.2, 0.25) is 0 Å². The fraction of sp³-hybridized carbons (Fsp3) is 0.139. The van der Waals surface area contributed by atoms with Crippen molar-refractivity contribution in [1.29, 1.82) is 0 Å². The van der Waals surface area contributed by atoms with Gasteiger partial charge in [-0.25, -0.2) is 4.98 Å². The third-order valence-corrected chi connectivity index (χ3v) is 8.98.